The van der Waals surface area contributed by atoms with Gasteiger partial charge in [0.05, 0.1) is 16.3 Å². The summed E-state index contributed by atoms with van der Waals surface area (Å²) in [5, 5.41) is 9.69. The number of benzene rings is 1. The molecule has 0 amide bonds. The van der Waals surface area contributed by atoms with Crippen LogP contribution in [0, 0.1) is 0 Å². The zero-order chi connectivity index (χ0) is 12.4. The van der Waals surface area contributed by atoms with Crippen LogP contribution in [-0.2, 0) is 6.42 Å². The molecule has 1 aromatic heterocycles. The van der Waals surface area contributed by atoms with E-state index in [9.17, 15) is 4.79 Å². The molecule has 1 heterocycles. The minimum absolute atomic E-state index is 0.326. The van der Waals surface area contributed by atoms with Gasteiger partial charge in [0.1, 0.15) is 0 Å². The predicted molar refractivity (Wildman–Crippen MR) is 67.1 cm³/mol. The fraction of sp³-hybridized carbons (Fsp3) is 0.154. The second kappa shape index (κ2) is 4.63. The Morgan fingerprint density at radius 1 is 1.35 bits per heavy atom. The molecule has 4 heteroatoms. The molecule has 0 aliphatic heterocycles. The van der Waals surface area contributed by atoms with E-state index in [1.54, 1.807) is 18.3 Å². The third kappa shape index (κ3) is 2.06. The van der Waals surface area contributed by atoms with Gasteiger partial charge < -0.3 is 9.67 Å². The third-order valence-corrected chi connectivity index (χ3v) is 2.99. The molecule has 2 rings (SSSR count). The van der Waals surface area contributed by atoms with Gasteiger partial charge in [0.25, 0.3) is 0 Å². The summed E-state index contributed by atoms with van der Waals surface area (Å²) in [7, 11) is 0. The highest BCUT2D eigenvalue weighted by Gasteiger charge is 2.15. The number of carboxylic acids is 1. The van der Waals surface area contributed by atoms with Crippen molar-refractivity contribution >= 4 is 17.6 Å². The lowest BCUT2D eigenvalue weighted by Gasteiger charge is -2.10. The van der Waals surface area contributed by atoms with Gasteiger partial charge in [-0.3, -0.25) is 0 Å². The highest BCUT2D eigenvalue weighted by atomic mass is 35.5. The van der Waals surface area contributed by atoms with E-state index in [1.165, 1.54) is 0 Å². The van der Waals surface area contributed by atoms with Crippen molar-refractivity contribution < 1.29 is 9.90 Å². The van der Waals surface area contributed by atoms with Crippen LogP contribution in [0.1, 0.15) is 23.0 Å². The summed E-state index contributed by atoms with van der Waals surface area (Å²) in [5.74, 6) is -0.910. The Morgan fingerprint density at radius 2 is 2.06 bits per heavy atom. The van der Waals surface area contributed by atoms with Crippen molar-refractivity contribution in [1.82, 2.24) is 4.57 Å². The molecular formula is C13H12ClNO2. The van der Waals surface area contributed by atoms with E-state index in [4.69, 9.17) is 16.7 Å². The number of aromatic carboxylic acids is 1. The minimum Gasteiger partial charge on any atom is -0.478 e. The molecule has 3 nitrogen and oxygen atoms in total. The molecule has 0 unspecified atom stereocenters. The number of aromatic nitrogens is 1. The summed E-state index contributed by atoms with van der Waals surface area (Å²) in [6.45, 7) is 1.93. The number of carbonyl (C=O) groups is 1. The van der Waals surface area contributed by atoms with E-state index >= 15 is 0 Å². The zero-order valence-electron chi connectivity index (χ0n) is 9.35. The Kier molecular flexibility index (Phi) is 3.20. The number of hydrogen-bond donors (Lipinski definition) is 1. The van der Waals surface area contributed by atoms with Crippen molar-refractivity contribution in [3.8, 4) is 5.69 Å². The maximum Gasteiger partial charge on any atom is 0.337 e. The number of halogens is 1. The maximum atomic E-state index is 11.1. The largest absolute Gasteiger partial charge is 0.478 e. The van der Waals surface area contributed by atoms with Crippen LogP contribution in [0.4, 0.5) is 0 Å². The monoisotopic (exact) mass is 249 g/mol. The second-order valence-corrected chi connectivity index (χ2v) is 4.06. The Morgan fingerprint density at radius 3 is 2.65 bits per heavy atom. The van der Waals surface area contributed by atoms with Gasteiger partial charge in [-0.15, -0.1) is 0 Å². The molecule has 0 aliphatic carbocycles. The van der Waals surface area contributed by atoms with Crippen molar-refractivity contribution in [3.63, 3.8) is 0 Å². The molecule has 0 spiro atoms. The molecule has 0 aliphatic rings. The molecule has 0 saturated carbocycles. The molecule has 0 saturated heterocycles. The van der Waals surface area contributed by atoms with E-state index in [0.717, 1.165) is 11.4 Å². The van der Waals surface area contributed by atoms with Crippen LogP contribution < -0.4 is 0 Å². The zero-order valence-corrected chi connectivity index (χ0v) is 10.1. The van der Waals surface area contributed by atoms with Crippen LogP contribution in [0.5, 0.6) is 0 Å². The van der Waals surface area contributed by atoms with Crippen LogP contribution >= 0.6 is 11.6 Å². The number of carboxylic acid groups (broad SMARTS) is 1. The third-order valence-electron chi connectivity index (χ3n) is 2.67. The smallest absolute Gasteiger partial charge is 0.337 e. The van der Waals surface area contributed by atoms with Gasteiger partial charge in [-0.2, -0.15) is 0 Å². The van der Waals surface area contributed by atoms with Crippen molar-refractivity contribution in [1.29, 1.82) is 0 Å². The highest BCUT2D eigenvalue weighted by Crippen LogP contribution is 2.24. The first-order valence-electron chi connectivity index (χ1n) is 5.33. The lowest BCUT2D eigenvalue weighted by Crippen LogP contribution is -2.04. The van der Waals surface area contributed by atoms with E-state index in [-0.39, 0.29) is 0 Å². The maximum absolute atomic E-state index is 11.1. The fourth-order valence-corrected chi connectivity index (χ4v) is 2.12. The van der Waals surface area contributed by atoms with Crippen LogP contribution in [0.2, 0.25) is 5.02 Å². The van der Waals surface area contributed by atoms with E-state index in [2.05, 4.69) is 0 Å². The molecule has 0 atom stereocenters. The number of nitrogens with zero attached hydrogens (tertiary/aromatic N) is 1. The molecular weight excluding hydrogens is 238 g/mol. The topological polar surface area (TPSA) is 42.2 Å². The Hall–Kier alpha value is -1.74. The van der Waals surface area contributed by atoms with Crippen molar-refractivity contribution in [2.45, 2.75) is 13.3 Å². The average Bonchev–Trinajstić information content (AvgIpc) is 2.73. The molecule has 2 aromatic rings. The molecule has 0 fully saturated rings. The first-order valence-corrected chi connectivity index (χ1v) is 5.71. The Bertz CT molecular complexity index is 560. The second-order valence-electron chi connectivity index (χ2n) is 3.66. The quantitative estimate of drug-likeness (QED) is 0.906. The van der Waals surface area contributed by atoms with E-state index in [0.29, 0.717) is 17.0 Å². The van der Waals surface area contributed by atoms with Crippen LogP contribution in [0.3, 0.4) is 0 Å². The van der Waals surface area contributed by atoms with Gasteiger partial charge >= 0.3 is 5.97 Å². The lowest BCUT2D eigenvalue weighted by molar-refractivity contribution is 0.0696. The Labute approximate surface area is 104 Å². The summed E-state index contributed by atoms with van der Waals surface area (Å²) < 4.78 is 1.83. The summed E-state index contributed by atoms with van der Waals surface area (Å²) in [6.07, 6.45) is 2.38. The average molecular weight is 250 g/mol. The molecule has 1 N–H and O–H groups in total. The molecule has 88 valence electrons. The minimum atomic E-state index is -0.910. The molecule has 0 bridgehead atoms. The van der Waals surface area contributed by atoms with Crippen LogP contribution in [0.25, 0.3) is 5.69 Å². The predicted octanol–water partition coefficient (Wildman–Crippen LogP) is 3.39. The molecule has 17 heavy (non-hydrogen) atoms. The van der Waals surface area contributed by atoms with E-state index < -0.39 is 5.97 Å². The summed E-state index contributed by atoms with van der Waals surface area (Å²) >= 11 is 6.11. The van der Waals surface area contributed by atoms with Crippen molar-refractivity contribution in [3.05, 3.63) is 52.8 Å². The molecule has 0 radical (unpaired) electrons. The first-order chi connectivity index (χ1) is 8.15. The van der Waals surface area contributed by atoms with E-state index in [1.807, 2.05) is 29.7 Å². The highest BCUT2D eigenvalue weighted by molar-refractivity contribution is 6.32. The van der Waals surface area contributed by atoms with Crippen molar-refractivity contribution in [2.75, 3.05) is 0 Å². The summed E-state index contributed by atoms with van der Waals surface area (Å²) in [4.78, 5) is 11.1. The lowest BCUT2D eigenvalue weighted by atomic mass is 10.2. The van der Waals surface area contributed by atoms with Gasteiger partial charge in [0.2, 0.25) is 0 Å². The SMILES string of the molecule is CCc1c(C(=O)O)ccn1-c1ccccc1Cl. The van der Waals surface area contributed by atoms with Crippen LogP contribution in [-0.4, -0.2) is 15.6 Å². The van der Waals surface area contributed by atoms with Gasteiger partial charge in [0, 0.05) is 11.9 Å². The van der Waals surface area contributed by atoms with Gasteiger partial charge in [-0.05, 0) is 24.6 Å². The number of rotatable bonds is 3. The number of para-hydroxylation sites is 1. The normalized spacial score (nSPS) is 10.5. The summed E-state index contributed by atoms with van der Waals surface area (Å²) in [5.41, 5.74) is 1.89. The van der Waals surface area contributed by atoms with Gasteiger partial charge in [0.15, 0.2) is 0 Å². The van der Waals surface area contributed by atoms with Crippen molar-refractivity contribution in [2.24, 2.45) is 0 Å². The Balaban J connectivity index is 2.61. The van der Waals surface area contributed by atoms with Gasteiger partial charge in [-0.1, -0.05) is 30.7 Å². The van der Waals surface area contributed by atoms with Gasteiger partial charge in [-0.25, -0.2) is 4.79 Å². The standard InChI is InChI=1S/C13H12ClNO2/c1-2-11-9(13(16)17)7-8-15(11)12-6-4-3-5-10(12)14/h3-8H,2H2,1H3,(H,16,17). The fourth-order valence-electron chi connectivity index (χ4n) is 1.89. The molecule has 1 aromatic carbocycles. The number of hydrogen-bond acceptors (Lipinski definition) is 1. The first kappa shape index (κ1) is 11.7. The van der Waals surface area contributed by atoms with Crippen LogP contribution in [0.15, 0.2) is 36.5 Å². The summed E-state index contributed by atoms with van der Waals surface area (Å²) in [6, 6.07) is 8.98.